The van der Waals surface area contributed by atoms with Gasteiger partial charge in [-0.05, 0) is 48.2 Å². The van der Waals surface area contributed by atoms with Crippen LogP contribution in [-0.2, 0) is 9.59 Å². The van der Waals surface area contributed by atoms with Gasteiger partial charge in [-0.1, -0.05) is 12.1 Å². The molecule has 3 aliphatic heterocycles. The lowest BCUT2D eigenvalue weighted by Crippen LogP contribution is -2.56. The van der Waals surface area contributed by atoms with E-state index in [1.165, 1.54) is 4.90 Å². The fraction of sp³-hybridized carbons (Fsp3) is 0.259. The van der Waals surface area contributed by atoms with Gasteiger partial charge in [-0.15, -0.1) is 11.8 Å². The highest BCUT2D eigenvalue weighted by atomic mass is 32.2. The van der Waals surface area contributed by atoms with Crippen molar-refractivity contribution in [3.8, 4) is 23.0 Å². The van der Waals surface area contributed by atoms with Gasteiger partial charge in [-0.3, -0.25) is 14.5 Å². The van der Waals surface area contributed by atoms with Crippen LogP contribution in [0.15, 0.2) is 65.6 Å². The van der Waals surface area contributed by atoms with Gasteiger partial charge >= 0.3 is 0 Å². The third-order valence-corrected chi connectivity index (χ3v) is 7.14. The largest absolute Gasteiger partial charge is 0.486 e. The average Bonchev–Trinajstić information content (AvgIpc) is 2.93. The molecule has 1 unspecified atom stereocenters. The van der Waals surface area contributed by atoms with Gasteiger partial charge in [-0.25, -0.2) is 0 Å². The van der Waals surface area contributed by atoms with Crippen molar-refractivity contribution in [3.63, 3.8) is 0 Å². The summed E-state index contributed by atoms with van der Waals surface area (Å²) >= 11 is 1.62. The summed E-state index contributed by atoms with van der Waals surface area (Å²) in [4.78, 5) is 31.9. The Hall–Kier alpha value is -3.85. The molecule has 0 aliphatic carbocycles. The molecule has 3 aromatic rings. The Morgan fingerprint density at radius 3 is 1.89 bits per heavy atom. The number of carbonyl (C=O) groups is 2. The quantitative estimate of drug-likeness (QED) is 0.496. The van der Waals surface area contributed by atoms with Crippen molar-refractivity contribution in [1.82, 2.24) is 0 Å². The number of fused-ring (bicyclic) bond motifs is 2. The van der Waals surface area contributed by atoms with Gasteiger partial charge in [0, 0.05) is 28.4 Å². The molecule has 1 saturated heterocycles. The summed E-state index contributed by atoms with van der Waals surface area (Å²) in [6.45, 7) is 1.72. The van der Waals surface area contributed by atoms with Crippen LogP contribution in [0.25, 0.3) is 0 Å². The number of hydrogen-bond donors (Lipinski definition) is 0. The fourth-order valence-electron chi connectivity index (χ4n) is 4.66. The average molecular weight is 505 g/mol. The van der Waals surface area contributed by atoms with Crippen molar-refractivity contribution >= 4 is 35.0 Å². The van der Waals surface area contributed by atoms with Crippen LogP contribution in [0.1, 0.15) is 11.6 Å². The number of ether oxygens (including phenoxy) is 4. The predicted molar refractivity (Wildman–Crippen MR) is 136 cm³/mol. The van der Waals surface area contributed by atoms with E-state index in [0.717, 1.165) is 10.5 Å². The van der Waals surface area contributed by atoms with E-state index < -0.39 is 6.04 Å². The fourth-order valence-corrected chi connectivity index (χ4v) is 5.07. The first-order valence-corrected chi connectivity index (χ1v) is 12.9. The summed E-state index contributed by atoms with van der Waals surface area (Å²) in [5, 5.41) is 0. The second kappa shape index (κ2) is 9.31. The minimum Gasteiger partial charge on any atom is -0.486 e. The van der Waals surface area contributed by atoms with E-state index in [4.69, 9.17) is 18.9 Å². The van der Waals surface area contributed by atoms with Gasteiger partial charge in [0.1, 0.15) is 39.0 Å². The van der Waals surface area contributed by atoms with Crippen LogP contribution >= 0.6 is 11.8 Å². The van der Waals surface area contributed by atoms with E-state index in [2.05, 4.69) is 0 Å². The SMILES string of the molecule is CSc1ccc(C2C(=O)N(c3ccc4c(c3)OCCO4)CC(=O)N2c2ccc3c(c2)OCCO3)cc1. The van der Waals surface area contributed by atoms with Gasteiger partial charge in [0.2, 0.25) is 5.91 Å². The Bertz CT molecular complexity index is 1330. The number of thioether (sulfide) groups is 1. The molecule has 3 heterocycles. The lowest BCUT2D eigenvalue weighted by molar-refractivity contribution is -0.128. The number of piperazine rings is 1. The number of nitrogens with zero attached hydrogens (tertiary/aromatic N) is 2. The van der Waals surface area contributed by atoms with Crippen LogP contribution in [-0.4, -0.2) is 51.0 Å². The molecule has 0 radical (unpaired) electrons. The standard InChI is InChI=1S/C27H24N2O6S/c1-36-20-6-2-17(3-7-20)26-27(31)28(18-4-8-21-23(14-18)34-12-10-32-21)16-25(30)29(26)19-5-9-22-24(15-19)35-13-11-33-22/h2-9,14-15,26H,10-13,16H2,1H3. The zero-order chi connectivity index (χ0) is 24.6. The summed E-state index contributed by atoms with van der Waals surface area (Å²) in [6.07, 6.45) is 2.00. The number of amides is 2. The van der Waals surface area contributed by atoms with Crippen molar-refractivity contribution in [3.05, 3.63) is 66.2 Å². The maximum absolute atomic E-state index is 14.1. The molecule has 1 fully saturated rings. The minimum atomic E-state index is -0.849. The molecule has 0 spiro atoms. The molecule has 0 bridgehead atoms. The number of rotatable bonds is 4. The van der Waals surface area contributed by atoms with Crippen LogP contribution in [0.2, 0.25) is 0 Å². The molecule has 184 valence electrons. The van der Waals surface area contributed by atoms with E-state index in [1.54, 1.807) is 53.1 Å². The van der Waals surface area contributed by atoms with Gasteiger partial charge in [0.15, 0.2) is 23.0 Å². The Morgan fingerprint density at radius 1 is 0.722 bits per heavy atom. The topological polar surface area (TPSA) is 77.5 Å². The lowest BCUT2D eigenvalue weighted by atomic mass is 9.99. The van der Waals surface area contributed by atoms with E-state index in [9.17, 15) is 9.59 Å². The zero-order valence-electron chi connectivity index (χ0n) is 19.6. The molecule has 0 aromatic heterocycles. The number of hydrogen-bond acceptors (Lipinski definition) is 7. The normalized spacial score (nSPS) is 18.9. The first-order valence-electron chi connectivity index (χ1n) is 11.7. The third-order valence-electron chi connectivity index (χ3n) is 6.39. The van der Waals surface area contributed by atoms with Gasteiger partial charge in [-0.2, -0.15) is 0 Å². The Kier molecular flexibility index (Phi) is 5.85. The molecule has 8 nitrogen and oxygen atoms in total. The molecular formula is C27H24N2O6S. The summed E-state index contributed by atoms with van der Waals surface area (Å²) in [6, 6.07) is 17.5. The van der Waals surface area contributed by atoms with Crippen LogP contribution in [0.5, 0.6) is 23.0 Å². The number of carbonyl (C=O) groups excluding carboxylic acids is 2. The highest BCUT2D eigenvalue weighted by molar-refractivity contribution is 7.98. The molecule has 3 aliphatic rings. The van der Waals surface area contributed by atoms with Crippen LogP contribution < -0.4 is 28.7 Å². The molecule has 6 rings (SSSR count). The molecule has 1 atom stereocenters. The highest BCUT2D eigenvalue weighted by Crippen LogP contribution is 2.41. The highest BCUT2D eigenvalue weighted by Gasteiger charge is 2.42. The molecule has 3 aromatic carbocycles. The summed E-state index contributed by atoms with van der Waals surface area (Å²) in [7, 11) is 0. The molecule has 36 heavy (non-hydrogen) atoms. The van der Waals surface area contributed by atoms with Crippen LogP contribution in [0.4, 0.5) is 11.4 Å². The van der Waals surface area contributed by atoms with Crippen molar-refractivity contribution < 1.29 is 28.5 Å². The van der Waals surface area contributed by atoms with Crippen LogP contribution in [0.3, 0.4) is 0 Å². The monoisotopic (exact) mass is 504 g/mol. The van der Waals surface area contributed by atoms with Gasteiger partial charge in [0.25, 0.3) is 5.91 Å². The number of benzene rings is 3. The van der Waals surface area contributed by atoms with Gasteiger partial charge < -0.3 is 23.8 Å². The van der Waals surface area contributed by atoms with E-state index in [0.29, 0.717) is 60.8 Å². The van der Waals surface area contributed by atoms with Crippen LogP contribution in [0, 0.1) is 0 Å². The van der Waals surface area contributed by atoms with Crippen molar-refractivity contribution in [2.45, 2.75) is 10.9 Å². The maximum Gasteiger partial charge on any atom is 0.255 e. The number of anilines is 2. The van der Waals surface area contributed by atoms with E-state index in [1.807, 2.05) is 30.5 Å². The molecule has 0 saturated carbocycles. The summed E-state index contributed by atoms with van der Waals surface area (Å²) in [5.74, 6) is 1.96. The minimum absolute atomic E-state index is 0.105. The molecule has 9 heteroatoms. The van der Waals surface area contributed by atoms with Crippen molar-refractivity contribution in [2.24, 2.45) is 0 Å². The second-order valence-corrected chi connectivity index (χ2v) is 9.40. The predicted octanol–water partition coefficient (Wildman–Crippen LogP) is 4.07. The second-order valence-electron chi connectivity index (χ2n) is 8.52. The molecule has 0 N–H and O–H groups in total. The summed E-state index contributed by atoms with van der Waals surface area (Å²) < 4.78 is 22.7. The Labute approximate surface area is 212 Å². The zero-order valence-corrected chi connectivity index (χ0v) is 20.5. The smallest absolute Gasteiger partial charge is 0.255 e. The summed E-state index contributed by atoms with van der Waals surface area (Å²) in [5.41, 5.74) is 1.90. The van der Waals surface area contributed by atoms with Crippen molar-refractivity contribution in [2.75, 3.05) is 49.0 Å². The lowest BCUT2D eigenvalue weighted by Gasteiger charge is -2.41. The Balaban J connectivity index is 1.41. The first-order chi connectivity index (χ1) is 17.6. The van der Waals surface area contributed by atoms with Crippen molar-refractivity contribution in [1.29, 1.82) is 0 Å². The Morgan fingerprint density at radius 2 is 1.28 bits per heavy atom. The third kappa shape index (κ3) is 3.99. The molecule has 2 amide bonds. The molecular weight excluding hydrogens is 480 g/mol. The van der Waals surface area contributed by atoms with E-state index >= 15 is 0 Å². The van der Waals surface area contributed by atoms with Gasteiger partial charge in [0.05, 0.1) is 0 Å². The maximum atomic E-state index is 14.1. The van der Waals surface area contributed by atoms with E-state index in [-0.39, 0.29) is 18.4 Å². The first kappa shape index (κ1) is 22.6.